The Kier molecular flexibility index (Phi) is 6.34. The van der Waals surface area contributed by atoms with Gasteiger partial charge in [0.15, 0.2) is 0 Å². The lowest BCUT2D eigenvalue weighted by atomic mass is 9.95. The van der Waals surface area contributed by atoms with E-state index in [0.717, 1.165) is 6.07 Å². The third-order valence-corrected chi connectivity index (χ3v) is 4.92. The van der Waals surface area contributed by atoms with Crippen molar-refractivity contribution in [3.63, 3.8) is 0 Å². The monoisotopic (exact) mass is 440 g/mol. The molecule has 3 rings (SSSR count). The molecule has 1 N–H and O–H groups in total. The van der Waals surface area contributed by atoms with E-state index < -0.39 is 17.8 Å². The number of likely N-dealkylation sites (tertiary alicyclic amines) is 1. The van der Waals surface area contributed by atoms with E-state index in [9.17, 15) is 18.0 Å². The minimum Gasteiger partial charge on any atom is -0.362 e. The zero-order chi connectivity index (χ0) is 22.1. The molecule has 1 aliphatic rings. The number of urea groups is 1. The summed E-state index contributed by atoms with van der Waals surface area (Å²) in [5, 5.41) is 3.34. The van der Waals surface area contributed by atoms with Crippen LogP contribution in [0.15, 0.2) is 48.5 Å². The molecule has 30 heavy (non-hydrogen) atoms. The average Bonchev–Trinajstić information content (AvgIpc) is 2.59. The first kappa shape index (κ1) is 22.4. The lowest BCUT2D eigenvalue weighted by Crippen LogP contribution is -2.60. The number of rotatable bonds is 4. The quantitative estimate of drug-likeness (QED) is 0.666. The van der Waals surface area contributed by atoms with Crippen molar-refractivity contribution >= 4 is 17.6 Å². The number of hydrogen-bond donors (Lipinski definition) is 1. The predicted octanol–water partition coefficient (Wildman–Crippen LogP) is 5.66. The molecule has 162 valence electrons. The fourth-order valence-electron chi connectivity index (χ4n) is 3.24. The van der Waals surface area contributed by atoms with Gasteiger partial charge in [0.2, 0.25) is 0 Å². The second-order valence-corrected chi connectivity index (χ2v) is 8.80. The van der Waals surface area contributed by atoms with E-state index in [1.165, 1.54) is 12.1 Å². The Morgan fingerprint density at radius 3 is 2.27 bits per heavy atom. The van der Waals surface area contributed by atoms with Gasteiger partial charge in [0.1, 0.15) is 6.10 Å². The number of carbonyl (C=O) groups excluding carboxylic acids is 1. The molecule has 1 saturated heterocycles. The lowest BCUT2D eigenvalue weighted by molar-refractivity contribution is -0.140. The van der Waals surface area contributed by atoms with Crippen LogP contribution < -0.4 is 5.32 Å². The van der Waals surface area contributed by atoms with E-state index in [2.05, 4.69) is 5.32 Å². The highest BCUT2D eigenvalue weighted by atomic mass is 35.5. The van der Waals surface area contributed by atoms with Gasteiger partial charge in [-0.1, -0.05) is 41.9 Å². The number of carbonyl (C=O) groups is 1. The number of alkyl halides is 3. The number of ether oxygens (including phenoxy) is 1. The molecule has 2 aromatic carbocycles. The number of amides is 2. The van der Waals surface area contributed by atoms with E-state index in [1.807, 2.05) is 20.8 Å². The smallest absolute Gasteiger partial charge is 0.362 e. The first-order valence-corrected chi connectivity index (χ1v) is 9.96. The van der Waals surface area contributed by atoms with Gasteiger partial charge in [-0.25, -0.2) is 4.79 Å². The summed E-state index contributed by atoms with van der Waals surface area (Å²) in [6.07, 6.45) is -5.82. The second kappa shape index (κ2) is 8.47. The molecule has 0 spiro atoms. The van der Waals surface area contributed by atoms with E-state index >= 15 is 0 Å². The minimum atomic E-state index is -4.51. The number of nitrogens with zero attached hydrogens (tertiary/aromatic N) is 1. The number of nitrogens with one attached hydrogen (secondary N) is 1. The molecule has 2 aromatic rings. The first-order chi connectivity index (χ1) is 13.9. The van der Waals surface area contributed by atoms with E-state index in [0.29, 0.717) is 23.7 Å². The Bertz CT molecular complexity index is 888. The van der Waals surface area contributed by atoms with Gasteiger partial charge in [0.05, 0.1) is 24.8 Å². The maximum atomic E-state index is 13.6. The summed E-state index contributed by atoms with van der Waals surface area (Å²) in [6.45, 7) is 6.25. The third kappa shape index (κ3) is 5.46. The van der Waals surface area contributed by atoms with Crippen LogP contribution in [0.5, 0.6) is 0 Å². The zero-order valence-corrected chi connectivity index (χ0v) is 17.7. The Hall–Kier alpha value is -2.25. The van der Waals surface area contributed by atoms with Crippen LogP contribution in [-0.2, 0) is 10.9 Å². The van der Waals surface area contributed by atoms with E-state index in [-0.39, 0.29) is 23.2 Å². The van der Waals surface area contributed by atoms with Gasteiger partial charge in [0.25, 0.3) is 0 Å². The predicted molar refractivity (Wildman–Crippen MR) is 109 cm³/mol. The Balaban J connectivity index is 1.82. The van der Waals surface area contributed by atoms with Crippen molar-refractivity contribution in [1.29, 1.82) is 0 Å². The van der Waals surface area contributed by atoms with Crippen LogP contribution in [0.1, 0.15) is 43.6 Å². The molecule has 1 atom stereocenters. The molecule has 4 nitrogen and oxygen atoms in total. The molecule has 0 bridgehead atoms. The van der Waals surface area contributed by atoms with Crippen molar-refractivity contribution in [3.8, 4) is 0 Å². The van der Waals surface area contributed by atoms with Crippen molar-refractivity contribution < 1.29 is 22.7 Å². The Morgan fingerprint density at radius 1 is 1.10 bits per heavy atom. The van der Waals surface area contributed by atoms with Crippen LogP contribution in [0, 0.1) is 0 Å². The molecule has 0 aliphatic carbocycles. The Labute approximate surface area is 179 Å². The molecule has 0 saturated carbocycles. The van der Waals surface area contributed by atoms with Crippen molar-refractivity contribution in [2.75, 3.05) is 13.1 Å². The van der Waals surface area contributed by atoms with Crippen LogP contribution in [0.4, 0.5) is 18.0 Å². The van der Waals surface area contributed by atoms with Gasteiger partial charge in [0, 0.05) is 10.6 Å². The SMILES string of the molecule is CC(C)(C)NC(=O)N1CC(OC(c2ccc(Cl)cc2)c2ccccc2C(F)(F)F)C1. The molecule has 2 amide bonds. The standard InChI is InChI=1S/C22H24ClF3N2O2/c1-21(2,3)27-20(29)28-12-16(13-28)30-19(14-8-10-15(23)11-9-14)17-6-4-5-7-18(17)22(24,25)26/h4-11,16,19H,12-13H2,1-3H3,(H,27,29). The van der Waals surface area contributed by atoms with Crippen molar-refractivity contribution in [3.05, 3.63) is 70.2 Å². The number of hydrogen-bond acceptors (Lipinski definition) is 2. The number of benzene rings is 2. The first-order valence-electron chi connectivity index (χ1n) is 9.58. The van der Waals surface area contributed by atoms with Crippen molar-refractivity contribution in [2.24, 2.45) is 0 Å². The maximum Gasteiger partial charge on any atom is 0.416 e. The molecule has 1 unspecified atom stereocenters. The fraction of sp³-hybridized carbons (Fsp3) is 0.409. The molecule has 0 radical (unpaired) electrons. The highest BCUT2D eigenvalue weighted by Crippen LogP contribution is 2.39. The van der Waals surface area contributed by atoms with Crippen LogP contribution in [-0.4, -0.2) is 35.7 Å². The highest BCUT2D eigenvalue weighted by molar-refractivity contribution is 6.30. The van der Waals surface area contributed by atoms with Gasteiger partial charge in [-0.2, -0.15) is 13.2 Å². The van der Waals surface area contributed by atoms with E-state index in [1.54, 1.807) is 35.2 Å². The summed E-state index contributed by atoms with van der Waals surface area (Å²) in [7, 11) is 0. The molecule has 0 aromatic heterocycles. The summed E-state index contributed by atoms with van der Waals surface area (Å²) in [6, 6.07) is 11.7. The highest BCUT2D eigenvalue weighted by Gasteiger charge is 2.39. The van der Waals surface area contributed by atoms with Crippen molar-refractivity contribution in [1.82, 2.24) is 10.2 Å². The van der Waals surface area contributed by atoms with Gasteiger partial charge in [-0.15, -0.1) is 0 Å². The van der Waals surface area contributed by atoms with Crippen molar-refractivity contribution in [2.45, 2.75) is 44.7 Å². The summed E-state index contributed by atoms with van der Waals surface area (Å²) in [5.74, 6) is 0. The summed E-state index contributed by atoms with van der Waals surface area (Å²) in [5.41, 5.74) is -0.522. The van der Waals surface area contributed by atoms with Crippen LogP contribution in [0.2, 0.25) is 5.02 Å². The molecule has 1 aliphatic heterocycles. The van der Waals surface area contributed by atoms with Gasteiger partial charge >= 0.3 is 12.2 Å². The summed E-state index contributed by atoms with van der Waals surface area (Å²) < 4.78 is 46.9. The third-order valence-electron chi connectivity index (χ3n) is 4.67. The maximum absolute atomic E-state index is 13.6. The topological polar surface area (TPSA) is 41.6 Å². The fourth-order valence-corrected chi connectivity index (χ4v) is 3.36. The lowest BCUT2D eigenvalue weighted by Gasteiger charge is -2.42. The molecule has 8 heteroatoms. The molecular weight excluding hydrogens is 417 g/mol. The van der Waals surface area contributed by atoms with Crippen LogP contribution in [0.3, 0.4) is 0 Å². The largest absolute Gasteiger partial charge is 0.416 e. The van der Waals surface area contributed by atoms with Gasteiger partial charge < -0.3 is 15.0 Å². The number of halogens is 4. The molecular formula is C22H24ClF3N2O2. The zero-order valence-electron chi connectivity index (χ0n) is 17.0. The average molecular weight is 441 g/mol. The second-order valence-electron chi connectivity index (χ2n) is 8.36. The Morgan fingerprint density at radius 2 is 1.70 bits per heavy atom. The van der Waals surface area contributed by atoms with Crippen LogP contribution in [0.25, 0.3) is 0 Å². The minimum absolute atomic E-state index is 0.0323. The summed E-state index contributed by atoms with van der Waals surface area (Å²) in [4.78, 5) is 13.8. The molecule has 1 fully saturated rings. The summed E-state index contributed by atoms with van der Waals surface area (Å²) >= 11 is 5.95. The van der Waals surface area contributed by atoms with Gasteiger partial charge in [-0.3, -0.25) is 0 Å². The van der Waals surface area contributed by atoms with Crippen LogP contribution >= 0.6 is 11.6 Å². The van der Waals surface area contributed by atoms with E-state index in [4.69, 9.17) is 16.3 Å². The van der Waals surface area contributed by atoms with Gasteiger partial charge in [-0.05, 0) is 50.1 Å². The normalized spacial score (nSPS) is 16.2. The molecule has 1 heterocycles.